The average molecular weight is 435 g/mol. The van der Waals surface area contributed by atoms with Gasteiger partial charge in [0.05, 0.1) is 23.9 Å². The highest BCUT2D eigenvalue weighted by molar-refractivity contribution is 6.02. The SMILES string of the molecule is CCCCCc1cc2c(c(O)c1C(=O)NCc1cnco1)-c1cc(C)ccc1C(C)(C)O2. The van der Waals surface area contributed by atoms with Crippen LogP contribution in [-0.2, 0) is 18.6 Å². The Morgan fingerprint density at radius 3 is 2.75 bits per heavy atom. The lowest BCUT2D eigenvalue weighted by Crippen LogP contribution is -2.30. The van der Waals surface area contributed by atoms with Crippen LogP contribution in [0, 0.1) is 6.92 Å². The summed E-state index contributed by atoms with van der Waals surface area (Å²) in [5.41, 5.74) is 4.09. The number of aryl methyl sites for hydroxylation is 2. The molecule has 1 aromatic heterocycles. The second kappa shape index (κ2) is 8.69. The van der Waals surface area contributed by atoms with Crippen LogP contribution in [0.5, 0.6) is 11.5 Å². The summed E-state index contributed by atoms with van der Waals surface area (Å²) in [6, 6.07) is 8.05. The second-order valence-electron chi connectivity index (χ2n) is 8.90. The highest BCUT2D eigenvalue weighted by atomic mass is 16.5. The van der Waals surface area contributed by atoms with E-state index in [1.807, 2.05) is 45.0 Å². The highest BCUT2D eigenvalue weighted by Crippen LogP contribution is 2.51. The van der Waals surface area contributed by atoms with E-state index in [2.05, 4.69) is 17.2 Å². The monoisotopic (exact) mass is 434 g/mol. The maximum Gasteiger partial charge on any atom is 0.255 e. The lowest BCUT2D eigenvalue weighted by molar-refractivity contribution is 0.0942. The molecule has 1 aliphatic heterocycles. The standard InChI is InChI=1S/C26H30N2O4/c1-5-6-7-8-17-12-21-23(19-11-16(2)9-10-20(19)26(3,4)32-21)24(29)22(17)25(30)28-14-18-13-27-15-31-18/h9-13,15,29H,5-8,14H2,1-4H3,(H,28,30). The lowest BCUT2D eigenvalue weighted by atomic mass is 9.83. The first-order valence-electron chi connectivity index (χ1n) is 11.2. The molecule has 0 saturated heterocycles. The van der Waals surface area contributed by atoms with Gasteiger partial charge in [-0.25, -0.2) is 4.98 Å². The topological polar surface area (TPSA) is 84.6 Å². The van der Waals surface area contributed by atoms with Crippen molar-refractivity contribution in [2.45, 2.75) is 65.5 Å². The van der Waals surface area contributed by atoms with Crippen molar-refractivity contribution in [3.63, 3.8) is 0 Å². The van der Waals surface area contributed by atoms with Crippen LogP contribution in [-0.4, -0.2) is 16.0 Å². The summed E-state index contributed by atoms with van der Waals surface area (Å²) in [7, 11) is 0. The molecule has 0 atom stereocenters. The number of aromatic hydroxyl groups is 1. The Kier molecular flexibility index (Phi) is 5.96. The summed E-state index contributed by atoms with van der Waals surface area (Å²) < 4.78 is 11.6. The van der Waals surface area contributed by atoms with E-state index >= 15 is 0 Å². The minimum atomic E-state index is -0.542. The normalized spacial score (nSPS) is 13.8. The molecule has 0 fully saturated rings. The number of nitrogens with zero attached hydrogens (tertiary/aromatic N) is 1. The molecule has 0 spiro atoms. The average Bonchev–Trinajstić information content (AvgIpc) is 3.25. The Hall–Kier alpha value is -3.28. The fourth-order valence-electron chi connectivity index (χ4n) is 4.36. The van der Waals surface area contributed by atoms with Crippen LogP contribution in [0.15, 0.2) is 41.3 Å². The van der Waals surface area contributed by atoms with E-state index in [9.17, 15) is 9.90 Å². The number of benzene rings is 2. The van der Waals surface area contributed by atoms with Gasteiger partial charge < -0.3 is 19.6 Å². The zero-order valence-electron chi connectivity index (χ0n) is 19.1. The van der Waals surface area contributed by atoms with Crippen LogP contribution in [0.25, 0.3) is 11.1 Å². The number of aromatic nitrogens is 1. The number of oxazole rings is 1. The number of carbonyl (C=O) groups is 1. The smallest absolute Gasteiger partial charge is 0.255 e. The van der Waals surface area contributed by atoms with Crippen molar-refractivity contribution in [1.82, 2.24) is 10.3 Å². The number of carbonyl (C=O) groups excluding carboxylic acids is 1. The molecule has 3 aromatic rings. The molecule has 1 aliphatic rings. The van der Waals surface area contributed by atoms with Gasteiger partial charge in [-0.15, -0.1) is 0 Å². The molecule has 2 N–H and O–H groups in total. The zero-order valence-corrected chi connectivity index (χ0v) is 19.1. The van der Waals surface area contributed by atoms with Crippen molar-refractivity contribution in [3.05, 3.63) is 64.9 Å². The third-order valence-corrected chi connectivity index (χ3v) is 5.99. The molecule has 0 saturated carbocycles. The van der Waals surface area contributed by atoms with Crippen molar-refractivity contribution in [2.24, 2.45) is 0 Å². The van der Waals surface area contributed by atoms with Crippen LogP contribution in [0.1, 0.15) is 72.8 Å². The van der Waals surface area contributed by atoms with Crippen molar-refractivity contribution >= 4 is 5.91 Å². The number of hydrogen-bond acceptors (Lipinski definition) is 5. The van der Waals surface area contributed by atoms with E-state index in [1.165, 1.54) is 6.39 Å². The summed E-state index contributed by atoms with van der Waals surface area (Å²) in [4.78, 5) is 17.1. The molecule has 1 amide bonds. The maximum atomic E-state index is 13.2. The second-order valence-corrected chi connectivity index (χ2v) is 8.90. The van der Waals surface area contributed by atoms with Crippen molar-refractivity contribution < 1.29 is 19.1 Å². The van der Waals surface area contributed by atoms with Crippen molar-refractivity contribution in [1.29, 1.82) is 0 Å². The molecule has 4 rings (SSSR count). The molecule has 0 aliphatic carbocycles. The van der Waals surface area contributed by atoms with Gasteiger partial charge in [-0.3, -0.25) is 4.79 Å². The molecule has 2 aromatic carbocycles. The van der Waals surface area contributed by atoms with Gasteiger partial charge in [0.25, 0.3) is 5.91 Å². The third-order valence-electron chi connectivity index (χ3n) is 5.99. The Bertz CT molecular complexity index is 1130. The van der Waals surface area contributed by atoms with E-state index in [1.54, 1.807) is 6.20 Å². The minimum Gasteiger partial charge on any atom is -0.506 e. The molecular formula is C26H30N2O4. The number of fused-ring (bicyclic) bond motifs is 3. The number of nitrogens with one attached hydrogen (secondary N) is 1. The molecular weight excluding hydrogens is 404 g/mol. The third kappa shape index (κ3) is 4.09. The van der Waals surface area contributed by atoms with E-state index in [0.29, 0.717) is 29.1 Å². The predicted octanol–water partition coefficient (Wildman–Crippen LogP) is 5.65. The Labute approximate surface area is 188 Å². The Morgan fingerprint density at radius 1 is 1.22 bits per heavy atom. The van der Waals surface area contributed by atoms with Crippen LogP contribution < -0.4 is 10.1 Å². The molecule has 6 nitrogen and oxygen atoms in total. The van der Waals surface area contributed by atoms with E-state index < -0.39 is 5.60 Å². The van der Waals surface area contributed by atoms with Crippen LogP contribution in [0.3, 0.4) is 0 Å². The van der Waals surface area contributed by atoms with Gasteiger partial charge in [0.2, 0.25) is 0 Å². The van der Waals surface area contributed by atoms with Crippen LogP contribution >= 0.6 is 0 Å². The number of hydrogen-bond donors (Lipinski definition) is 2. The number of amides is 1. The van der Waals surface area contributed by atoms with Gasteiger partial charge in [-0.05, 0) is 50.8 Å². The molecule has 0 bridgehead atoms. The van der Waals surface area contributed by atoms with E-state index in [4.69, 9.17) is 9.15 Å². The van der Waals surface area contributed by atoms with Crippen molar-refractivity contribution in [3.8, 4) is 22.6 Å². The fraction of sp³-hybridized carbons (Fsp3) is 0.385. The number of ether oxygens (including phenoxy) is 1. The highest BCUT2D eigenvalue weighted by Gasteiger charge is 2.36. The predicted molar refractivity (Wildman–Crippen MR) is 123 cm³/mol. The summed E-state index contributed by atoms with van der Waals surface area (Å²) in [5.74, 6) is 0.789. The number of phenolic OH excluding ortho intramolecular Hbond substituents is 1. The van der Waals surface area contributed by atoms with Gasteiger partial charge in [0.15, 0.2) is 6.39 Å². The van der Waals surface area contributed by atoms with Crippen molar-refractivity contribution in [2.75, 3.05) is 0 Å². The quantitative estimate of drug-likeness (QED) is 0.470. The summed E-state index contributed by atoms with van der Waals surface area (Å²) in [6.45, 7) is 8.40. The zero-order chi connectivity index (χ0) is 22.9. The Morgan fingerprint density at radius 2 is 2.03 bits per heavy atom. The van der Waals surface area contributed by atoms with Gasteiger partial charge in [0.1, 0.15) is 22.9 Å². The minimum absolute atomic E-state index is 0.0357. The largest absolute Gasteiger partial charge is 0.506 e. The molecule has 0 radical (unpaired) electrons. The number of phenols is 1. The van der Waals surface area contributed by atoms with Gasteiger partial charge >= 0.3 is 0 Å². The molecule has 0 unspecified atom stereocenters. The number of unbranched alkanes of at least 4 members (excludes halogenated alkanes) is 2. The first-order chi connectivity index (χ1) is 15.3. The number of rotatable bonds is 7. The lowest BCUT2D eigenvalue weighted by Gasteiger charge is -2.36. The summed E-state index contributed by atoms with van der Waals surface area (Å²) in [6.07, 6.45) is 6.61. The van der Waals surface area contributed by atoms with Gasteiger partial charge in [-0.1, -0.05) is 43.5 Å². The van der Waals surface area contributed by atoms with Crippen LogP contribution in [0.2, 0.25) is 0 Å². The van der Waals surface area contributed by atoms with E-state index in [0.717, 1.165) is 41.5 Å². The molecule has 6 heteroatoms. The molecule has 2 heterocycles. The first-order valence-corrected chi connectivity index (χ1v) is 11.2. The molecule has 32 heavy (non-hydrogen) atoms. The van der Waals surface area contributed by atoms with E-state index in [-0.39, 0.29) is 18.2 Å². The van der Waals surface area contributed by atoms with Gasteiger partial charge in [-0.2, -0.15) is 0 Å². The fourth-order valence-corrected chi connectivity index (χ4v) is 4.36. The summed E-state index contributed by atoms with van der Waals surface area (Å²) >= 11 is 0. The summed E-state index contributed by atoms with van der Waals surface area (Å²) in [5, 5.41) is 14.3. The maximum absolute atomic E-state index is 13.2. The van der Waals surface area contributed by atoms with Crippen LogP contribution in [0.4, 0.5) is 0 Å². The Balaban J connectivity index is 1.82. The first kappa shape index (κ1) is 21.9. The molecule has 168 valence electrons. The van der Waals surface area contributed by atoms with Gasteiger partial charge in [0, 0.05) is 5.56 Å².